The predicted octanol–water partition coefficient (Wildman–Crippen LogP) is 5.82. The third kappa shape index (κ3) is 3.16. The summed E-state index contributed by atoms with van der Waals surface area (Å²) in [7, 11) is 0. The van der Waals surface area contributed by atoms with Crippen molar-refractivity contribution < 1.29 is 9.13 Å². The first-order chi connectivity index (χ1) is 8.60. The van der Waals surface area contributed by atoms with Crippen molar-refractivity contribution in [1.29, 1.82) is 0 Å². The molecular weight excluding hydrogens is 342 g/mol. The molecule has 18 heavy (non-hydrogen) atoms. The maximum Gasteiger partial charge on any atom is 0.149 e. The summed E-state index contributed by atoms with van der Waals surface area (Å²) >= 11 is 15.3. The maximum absolute atomic E-state index is 13.1. The molecule has 0 fully saturated rings. The molecule has 0 spiro atoms. The number of hydrogen-bond acceptors (Lipinski definition) is 1. The molecule has 0 saturated heterocycles. The lowest BCUT2D eigenvalue weighted by atomic mass is 10.2. The lowest BCUT2D eigenvalue weighted by molar-refractivity contribution is 0.477. The van der Waals surface area contributed by atoms with E-state index in [1.807, 2.05) is 6.07 Å². The zero-order chi connectivity index (χ0) is 13.1. The van der Waals surface area contributed by atoms with Crippen LogP contribution in [0.4, 0.5) is 4.39 Å². The number of alkyl halides is 1. The summed E-state index contributed by atoms with van der Waals surface area (Å²) in [4.78, 5) is 0. The van der Waals surface area contributed by atoms with E-state index in [9.17, 15) is 4.39 Å². The average molecular weight is 350 g/mol. The van der Waals surface area contributed by atoms with E-state index in [2.05, 4.69) is 15.9 Å². The van der Waals surface area contributed by atoms with Crippen LogP contribution in [0.3, 0.4) is 0 Å². The number of rotatable bonds is 3. The van der Waals surface area contributed by atoms with Crippen LogP contribution in [0.25, 0.3) is 0 Å². The van der Waals surface area contributed by atoms with E-state index in [1.54, 1.807) is 12.1 Å². The highest BCUT2D eigenvalue weighted by Gasteiger charge is 2.08. The topological polar surface area (TPSA) is 9.23 Å². The lowest BCUT2D eigenvalue weighted by Gasteiger charge is -2.10. The van der Waals surface area contributed by atoms with Crippen LogP contribution in [-0.2, 0) is 5.33 Å². The molecule has 0 aromatic heterocycles. The monoisotopic (exact) mass is 348 g/mol. The van der Waals surface area contributed by atoms with Gasteiger partial charge in [-0.3, -0.25) is 0 Å². The fourth-order valence-electron chi connectivity index (χ4n) is 1.38. The predicted molar refractivity (Wildman–Crippen MR) is 75.6 cm³/mol. The minimum atomic E-state index is -0.414. The molecule has 0 amide bonds. The van der Waals surface area contributed by atoms with E-state index in [0.717, 1.165) is 5.56 Å². The van der Waals surface area contributed by atoms with E-state index in [0.29, 0.717) is 21.1 Å². The second-order valence-corrected chi connectivity index (χ2v) is 4.95. The standard InChI is InChI=1S/C13H8BrCl2FO/c14-7-8-1-4-12(11(16)5-8)18-13-6-9(17)2-3-10(13)15/h1-6H,7H2. The summed E-state index contributed by atoms with van der Waals surface area (Å²) in [5.41, 5.74) is 1.03. The van der Waals surface area contributed by atoms with Crippen molar-refractivity contribution in [3.8, 4) is 11.5 Å². The molecule has 5 heteroatoms. The first kappa shape index (κ1) is 13.7. The minimum Gasteiger partial charge on any atom is -0.454 e. The van der Waals surface area contributed by atoms with Gasteiger partial charge in [0.2, 0.25) is 0 Å². The number of ether oxygens (including phenoxy) is 1. The second kappa shape index (κ2) is 5.91. The van der Waals surface area contributed by atoms with Crippen molar-refractivity contribution in [2.24, 2.45) is 0 Å². The Morgan fingerprint density at radius 2 is 1.78 bits per heavy atom. The highest BCUT2D eigenvalue weighted by Crippen LogP contribution is 2.34. The fourth-order valence-corrected chi connectivity index (χ4v) is 2.13. The highest BCUT2D eigenvalue weighted by atomic mass is 79.9. The molecule has 0 atom stereocenters. The van der Waals surface area contributed by atoms with Gasteiger partial charge in [-0.1, -0.05) is 45.2 Å². The molecule has 0 aliphatic heterocycles. The van der Waals surface area contributed by atoms with Crippen LogP contribution in [0.2, 0.25) is 10.0 Å². The van der Waals surface area contributed by atoms with Crippen LogP contribution in [0, 0.1) is 5.82 Å². The zero-order valence-electron chi connectivity index (χ0n) is 9.09. The van der Waals surface area contributed by atoms with Gasteiger partial charge in [-0.15, -0.1) is 0 Å². The van der Waals surface area contributed by atoms with Crippen LogP contribution >= 0.6 is 39.1 Å². The minimum absolute atomic E-state index is 0.241. The van der Waals surface area contributed by atoms with Gasteiger partial charge in [0.25, 0.3) is 0 Å². The van der Waals surface area contributed by atoms with Crippen LogP contribution in [-0.4, -0.2) is 0 Å². The third-order valence-electron chi connectivity index (χ3n) is 2.26. The van der Waals surface area contributed by atoms with E-state index in [4.69, 9.17) is 27.9 Å². The Labute approximate surface area is 123 Å². The molecule has 0 N–H and O–H groups in total. The summed E-state index contributed by atoms with van der Waals surface area (Å²) in [5, 5.41) is 1.48. The first-order valence-electron chi connectivity index (χ1n) is 5.07. The van der Waals surface area contributed by atoms with Gasteiger partial charge in [-0.05, 0) is 29.8 Å². The third-order valence-corrected chi connectivity index (χ3v) is 3.52. The average Bonchev–Trinajstić information content (AvgIpc) is 2.36. The Hall–Kier alpha value is -0.770. The van der Waals surface area contributed by atoms with E-state index in [-0.39, 0.29) is 5.75 Å². The number of benzene rings is 2. The summed E-state index contributed by atoms with van der Waals surface area (Å²) in [6.07, 6.45) is 0. The molecule has 2 aromatic rings. The summed E-state index contributed by atoms with van der Waals surface area (Å²) in [6.45, 7) is 0. The Kier molecular flexibility index (Phi) is 4.49. The Balaban J connectivity index is 2.31. The fraction of sp³-hybridized carbons (Fsp3) is 0.0769. The summed E-state index contributed by atoms with van der Waals surface area (Å²) in [5.74, 6) is 0.265. The van der Waals surface area contributed by atoms with Crippen molar-refractivity contribution in [2.75, 3.05) is 0 Å². The van der Waals surface area contributed by atoms with Crippen LogP contribution < -0.4 is 4.74 Å². The van der Waals surface area contributed by atoms with Gasteiger partial charge in [0.05, 0.1) is 10.0 Å². The van der Waals surface area contributed by atoms with Crippen molar-refractivity contribution in [1.82, 2.24) is 0 Å². The molecule has 0 aliphatic carbocycles. The summed E-state index contributed by atoms with van der Waals surface area (Å²) < 4.78 is 18.6. The molecule has 2 aromatic carbocycles. The molecule has 1 nitrogen and oxygen atoms in total. The van der Waals surface area contributed by atoms with Gasteiger partial charge in [-0.25, -0.2) is 4.39 Å². The Bertz CT molecular complexity index is 575. The van der Waals surface area contributed by atoms with Crippen LogP contribution in [0.5, 0.6) is 11.5 Å². The van der Waals surface area contributed by atoms with Gasteiger partial charge >= 0.3 is 0 Å². The SMILES string of the molecule is Fc1ccc(Cl)c(Oc2ccc(CBr)cc2Cl)c1. The first-order valence-corrected chi connectivity index (χ1v) is 6.95. The quantitative estimate of drug-likeness (QED) is 0.634. The molecule has 0 aliphatic rings. The molecule has 2 rings (SSSR count). The van der Waals surface area contributed by atoms with E-state index >= 15 is 0 Å². The molecule has 0 bridgehead atoms. The maximum atomic E-state index is 13.1. The van der Waals surface area contributed by atoms with Gasteiger partial charge in [-0.2, -0.15) is 0 Å². The highest BCUT2D eigenvalue weighted by molar-refractivity contribution is 9.08. The molecule has 0 heterocycles. The molecule has 94 valence electrons. The van der Waals surface area contributed by atoms with Gasteiger partial charge in [0.15, 0.2) is 0 Å². The summed E-state index contributed by atoms with van der Waals surface area (Å²) in [6, 6.07) is 9.29. The Morgan fingerprint density at radius 3 is 2.44 bits per heavy atom. The molecular formula is C13H8BrCl2FO. The number of halogens is 4. The molecule has 0 radical (unpaired) electrons. The smallest absolute Gasteiger partial charge is 0.149 e. The molecule has 0 unspecified atom stereocenters. The zero-order valence-corrected chi connectivity index (χ0v) is 12.2. The second-order valence-electron chi connectivity index (χ2n) is 3.58. The lowest BCUT2D eigenvalue weighted by Crippen LogP contribution is -1.89. The normalized spacial score (nSPS) is 10.4. The van der Waals surface area contributed by atoms with Crippen molar-refractivity contribution in [3.05, 3.63) is 57.8 Å². The van der Waals surface area contributed by atoms with Gasteiger partial charge in [0.1, 0.15) is 17.3 Å². The van der Waals surface area contributed by atoms with E-state index < -0.39 is 5.82 Å². The van der Waals surface area contributed by atoms with Crippen molar-refractivity contribution in [2.45, 2.75) is 5.33 Å². The number of hydrogen-bond donors (Lipinski definition) is 0. The van der Waals surface area contributed by atoms with Crippen LogP contribution in [0.1, 0.15) is 5.56 Å². The van der Waals surface area contributed by atoms with E-state index in [1.165, 1.54) is 18.2 Å². The van der Waals surface area contributed by atoms with Crippen LogP contribution in [0.15, 0.2) is 36.4 Å². The molecule has 0 saturated carbocycles. The van der Waals surface area contributed by atoms with Crippen molar-refractivity contribution >= 4 is 39.1 Å². The largest absolute Gasteiger partial charge is 0.454 e. The Morgan fingerprint density at radius 1 is 1.00 bits per heavy atom. The van der Waals surface area contributed by atoms with Gasteiger partial charge < -0.3 is 4.74 Å². The van der Waals surface area contributed by atoms with Crippen molar-refractivity contribution in [3.63, 3.8) is 0 Å². The van der Waals surface area contributed by atoms with Gasteiger partial charge in [0, 0.05) is 11.4 Å².